The largest absolute Gasteiger partial charge is 0.445 e. The third-order valence-electron chi connectivity index (χ3n) is 4.00. The van der Waals surface area contributed by atoms with Crippen LogP contribution in [0, 0.1) is 0 Å². The van der Waals surface area contributed by atoms with E-state index >= 15 is 0 Å². The Kier molecular flexibility index (Phi) is 5.81. The van der Waals surface area contributed by atoms with E-state index in [0.717, 1.165) is 18.4 Å². The molecule has 1 aliphatic heterocycles. The van der Waals surface area contributed by atoms with Gasteiger partial charge in [-0.3, -0.25) is 9.69 Å². The summed E-state index contributed by atoms with van der Waals surface area (Å²) in [5.41, 5.74) is 0.940. The van der Waals surface area contributed by atoms with Crippen molar-refractivity contribution in [3.8, 4) is 0 Å². The van der Waals surface area contributed by atoms with Crippen LogP contribution in [0.25, 0.3) is 0 Å². The Morgan fingerprint density at radius 1 is 1.36 bits per heavy atom. The number of carbonyl (C=O) groups is 2. The highest BCUT2D eigenvalue weighted by Crippen LogP contribution is 2.19. The highest BCUT2D eigenvalue weighted by atomic mass is 16.6. The number of likely N-dealkylation sites (tertiary alicyclic amines) is 1. The molecule has 0 aliphatic carbocycles. The SMILES string of the molecule is CC[C@@H](C)NC(=O)[C@@H]1CCCN1C(=O)OCc1ccccc1. The van der Waals surface area contributed by atoms with Gasteiger partial charge in [0.15, 0.2) is 0 Å². The van der Waals surface area contributed by atoms with Gasteiger partial charge in [-0.1, -0.05) is 37.3 Å². The van der Waals surface area contributed by atoms with E-state index in [4.69, 9.17) is 4.74 Å². The van der Waals surface area contributed by atoms with Crippen molar-refractivity contribution in [2.24, 2.45) is 0 Å². The van der Waals surface area contributed by atoms with Crippen LogP contribution in [0.15, 0.2) is 30.3 Å². The van der Waals surface area contributed by atoms with Gasteiger partial charge in [-0.05, 0) is 31.7 Å². The minimum Gasteiger partial charge on any atom is -0.445 e. The molecule has 1 fully saturated rings. The lowest BCUT2D eigenvalue weighted by molar-refractivity contribution is -0.125. The number of ether oxygens (including phenoxy) is 1. The molecule has 120 valence electrons. The van der Waals surface area contributed by atoms with Crippen LogP contribution in [-0.2, 0) is 16.1 Å². The lowest BCUT2D eigenvalue weighted by Crippen LogP contribution is -2.48. The molecule has 1 saturated heterocycles. The van der Waals surface area contributed by atoms with Gasteiger partial charge in [-0.25, -0.2) is 4.79 Å². The molecule has 0 spiro atoms. The fraction of sp³-hybridized carbons (Fsp3) is 0.529. The first kappa shape index (κ1) is 16.3. The van der Waals surface area contributed by atoms with Crippen LogP contribution < -0.4 is 5.32 Å². The monoisotopic (exact) mass is 304 g/mol. The molecule has 2 atom stereocenters. The molecule has 1 aromatic rings. The van der Waals surface area contributed by atoms with E-state index in [-0.39, 0.29) is 18.6 Å². The molecule has 2 rings (SSSR count). The van der Waals surface area contributed by atoms with Gasteiger partial charge in [0.05, 0.1) is 0 Å². The van der Waals surface area contributed by atoms with Crippen molar-refractivity contribution in [2.75, 3.05) is 6.54 Å². The Hall–Kier alpha value is -2.04. The zero-order chi connectivity index (χ0) is 15.9. The number of carbonyl (C=O) groups excluding carboxylic acids is 2. The summed E-state index contributed by atoms with van der Waals surface area (Å²) in [5, 5.41) is 2.94. The van der Waals surface area contributed by atoms with Crippen molar-refractivity contribution in [1.82, 2.24) is 10.2 Å². The molecule has 1 aliphatic rings. The summed E-state index contributed by atoms with van der Waals surface area (Å²) < 4.78 is 5.33. The molecular weight excluding hydrogens is 280 g/mol. The quantitative estimate of drug-likeness (QED) is 0.910. The van der Waals surface area contributed by atoms with E-state index in [1.54, 1.807) is 4.90 Å². The number of rotatable bonds is 5. The van der Waals surface area contributed by atoms with Crippen LogP contribution in [0.5, 0.6) is 0 Å². The second-order valence-electron chi connectivity index (χ2n) is 5.71. The molecule has 5 nitrogen and oxygen atoms in total. The average molecular weight is 304 g/mol. The molecule has 1 N–H and O–H groups in total. The lowest BCUT2D eigenvalue weighted by Gasteiger charge is -2.24. The number of nitrogens with zero attached hydrogens (tertiary/aromatic N) is 1. The van der Waals surface area contributed by atoms with E-state index in [1.807, 2.05) is 44.2 Å². The number of benzene rings is 1. The maximum atomic E-state index is 12.2. The van der Waals surface area contributed by atoms with Gasteiger partial charge in [0.25, 0.3) is 0 Å². The van der Waals surface area contributed by atoms with E-state index in [1.165, 1.54) is 0 Å². The Morgan fingerprint density at radius 3 is 2.77 bits per heavy atom. The van der Waals surface area contributed by atoms with Crippen LogP contribution in [-0.4, -0.2) is 35.5 Å². The molecule has 5 heteroatoms. The van der Waals surface area contributed by atoms with Crippen molar-refractivity contribution in [2.45, 2.75) is 51.8 Å². The number of amides is 2. The minimum atomic E-state index is -0.411. The Labute approximate surface area is 131 Å². The molecule has 1 aromatic carbocycles. The van der Waals surface area contributed by atoms with Crippen LogP contribution in [0.4, 0.5) is 4.79 Å². The highest BCUT2D eigenvalue weighted by molar-refractivity contribution is 5.86. The summed E-state index contributed by atoms with van der Waals surface area (Å²) in [7, 11) is 0. The van der Waals surface area contributed by atoms with Crippen molar-refractivity contribution >= 4 is 12.0 Å². The lowest BCUT2D eigenvalue weighted by atomic mass is 10.2. The Morgan fingerprint density at radius 2 is 2.09 bits per heavy atom. The van der Waals surface area contributed by atoms with Crippen molar-refractivity contribution < 1.29 is 14.3 Å². The zero-order valence-electron chi connectivity index (χ0n) is 13.2. The summed E-state index contributed by atoms with van der Waals surface area (Å²) in [6.45, 7) is 4.79. The summed E-state index contributed by atoms with van der Waals surface area (Å²) in [5.74, 6) is -0.0801. The van der Waals surface area contributed by atoms with Gasteiger partial charge in [0.1, 0.15) is 12.6 Å². The molecule has 2 amide bonds. The van der Waals surface area contributed by atoms with Gasteiger partial charge in [-0.15, -0.1) is 0 Å². The zero-order valence-corrected chi connectivity index (χ0v) is 13.2. The predicted octanol–water partition coefficient (Wildman–Crippen LogP) is 2.70. The van der Waals surface area contributed by atoms with Gasteiger partial charge < -0.3 is 10.1 Å². The molecule has 0 radical (unpaired) electrons. The molecule has 1 heterocycles. The van der Waals surface area contributed by atoms with Gasteiger partial charge in [0.2, 0.25) is 5.91 Å². The van der Waals surface area contributed by atoms with E-state index in [2.05, 4.69) is 5.32 Å². The Bertz CT molecular complexity index is 504. The molecule has 0 aromatic heterocycles. The first-order valence-electron chi connectivity index (χ1n) is 7.89. The van der Waals surface area contributed by atoms with Crippen LogP contribution >= 0.6 is 0 Å². The molecular formula is C17H24N2O3. The fourth-order valence-corrected chi connectivity index (χ4v) is 2.50. The minimum absolute atomic E-state index is 0.0801. The van der Waals surface area contributed by atoms with Crippen LogP contribution in [0.3, 0.4) is 0 Å². The Balaban J connectivity index is 1.89. The van der Waals surface area contributed by atoms with E-state index in [9.17, 15) is 9.59 Å². The third-order valence-corrected chi connectivity index (χ3v) is 4.00. The van der Waals surface area contributed by atoms with Gasteiger partial charge in [0, 0.05) is 12.6 Å². The second-order valence-corrected chi connectivity index (χ2v) is 5.71. The standard InChI is InChI=1S/C17H24N2O3/c1-3-13(2)18-16(20)15-10-7-11-19(15)17(21)22-12-14-8-5-4-6-9-14/h4-6,8-9,13,15H,3,7,10-12H2,1-2H3,(H,18,20)/t13-,15+/m1/s1. The second kappa shape index (κ2) is 7.82. The third kappa shape index (κ3) is 4.23. The number of nitrogens with one attached hydrogen (secondary N) is 1. The predicted molar refractivity (Wildman–Crippen MR) is 84.3 cm³/mol. The van der Waals surface area contributed by atoms with Gasteiger partial charge in [-0.2, -0.15) is 0 Å². The highest BCUT2D eigenvalue weighted by Gasteiger charge is 2.35. The molecule has 22 heavy (non-hydrogen) atoms. The molecule has 0 unspecified atom stereocenters. The summed E-state index contributed by atoms with van der Waals surface area (Å²) in [6, 6.07) is 9.26. The maximum absolute atomic E-state index is 12.2. The van der Waals surface area contributed by atoms with Crippen molar-refractivity contribution in [3.05, 3.63) is 35.9 Å². The average Bonchev–Trinajstić information content (AvgIpc) is 3.03. The van der Waals surface area contributed by atoms with Crippen LogP contribution in [0.2, 0.25) is 0 Å². The smallest absolute Gasteiger partial charge is 0.410 e. The topological polar surface area (TPSA) is 58.6 Å². The first-order chi connectivity index (χ1) is 10.6. The van der Waals surface area contributed by atoms with Crippen LogP contribution in [0.1, 0.15) is 38.7 Å². The van der Waals surface area contributed by atoms with E-state index < -0.39 is 12.1 Å². The van der Waals surface area contributed by atoms with Gasteiger partial charge >= 0.3 is 6.09 Å². The van der Waals surface area contributed by atoms with Crippen molar-refractivity contribution in [1.29, 1.82) is 0 Å². The molecule has 0 bridgehead atoms. The summed E-state index contributed by atoms with van der Waals surface area (Å²) in [4.78, 5) is 26.0. The van der Waals surface area contributed by atoms with Crippen molar-refractivity contribution in [3.63, 3.8) is 0 Å². The number of hydrogen-bond acceptors (Lipinski definition) is 3. The number of hydrogen-bond donors (Lipinski definition) is 1. The summed E-state index contributed by atoms with van der Waals surface area (Å²) in [6.07, 6.45) is 1.99. The molecule has 0 saturated carbocycles. The first-order valence-corrected chi connectivity index (χ1v) is 7.89. The van der Waals surface area contributed by atoms with E-state index in [0.29, 0.717) is 13.0 Å². The summed E-state index contributed by atoms with van der Waals surface area (Å²) >= 11 is 0. The normalized spacial score (nSPS) is 18.8. The fourth-order valence-electron chi connectivity index (χ4n) is 2.50. The maximum Gasteiger partial charge on any atom is 0.410 e.